The Balaban J connectivity index is -0.0000000267. The standard InChI is InChI=1S/CH4.AsH3O4.2Na.2H/c;2-1(3,4)5;;;;/h1H4;(H3,2,3,4,5);;;;. The Morgan fingerprint density at radius 3 is 1.00 bits per heavy atom. The van der Waals surface area contributed by atoms with Crippen molar-refractivity contribution >= 4 is 73.6 Å². The second-order valence-corrected chi connectivity index (χ2v) is 2.67. The molecule has 0 aromatic carbocycles. The zero-order valence-electron chi connectivity index (χ0n) is 2.20. The van der Waals surface area contributed by atoms with E-state index in [0.29, 0.717) is 0 Å². The third-order valence-electron chi connectivity index (χ3n) is 0. The molecule has 0 aliphatic heterocycles. The fourth-order valence-electron chi connectivity index (χ4n) is 0. The van der Waals surface area contributed by atoms with E-state index in [-0.39, 0.29) is 66.5 Å². The molecule has 0 saturated carbocycles. The van der Waals surface area contributed by atoms with Gasteiger partial charge in [0.2, 0.25) is 0 Å². The van der Waals surface area contributed by atoms with Crippen molar-refractivity contribution in [3.63, 3.8) is 0 Å². The summed E-state index contributed by atoms with van der Waals surface area (Å²) in [5, 5.41) is 0. The molecule has 3 N–H and O–H groups in total. The molecule has 0 fully saturated rings. The third kappa shape index (κ3) is 86.1. The van der Waals surface area contributed by atoms with E-state index in [1.54, 1.807) is 0 Å². The Hall–Kier alpha value is 2.24. The van der Waals surface area contributed by atoms with Gasteiger partial charge < -0.3 is 0 Å². The molecular formula is CH9AsNa2O4. The predicted octanol–water partition coefficient (Wildman–Crippen LogP) is -2.83. The van der Waals surface area contributed by atoms with E-state index in [4.69, 9.17) is 16.0 Å². The van der Waals surface area contributed by atoms with Gasteiger partial charge in [-0.25, -0.2) is 0 Å². The van der Waals surface area contributed by atoms with Gasteiger partial charge in [0.25, 0.3) is 0 Å². The molecule has 0 unspecified atom stereocenters. The molecule has 0 saturated heterocycles. The molecule has 0 spiro atoms. The van der Waals surface area contributed by atoms with Gasteiger partial charge in [-0.15, -0.1) is 0 Å². The van der Waals surface area contributed by atoms with Crippen LogP contribution in [0.4, 0.5) is 0 Å². The molecule has 0 amide bonds. The summed E-state index contributed by atoms with van der Waals surface area (Å²) in [6.07, 6.45) is 0. The monoisotopic (exact) mass is 206 g/mol. The summed E-state index contributed by atoms with van der Waals surface area (Å²) in [6, 6.07) is 0. The van der Waals surface area contributed by atoms with Gasteiger partial charge in [0.1, 0.15) is 0 Å². The van der Waals surface area contributed by atoms with E-state index < -0.39 is 14.5 Å². The molecule has 0 bridgehead atoms. The molecule has 0 aromatic heterocycles. The number of hydrogen-bond donors (Lipinski definition) is 3. The molecule has 0 radical (unpaired) electrons. The minimum absolute atomic E-state index is 0. The Bertz CT molecular complexity index is 60.2. The van der Waals surface area contributed by atoms with E-state index in [1.165, 1.54) is 0 Å². The van der Waals surface area contributed by atoms with E-state index in [1.807, 2.05) is 0 Å². The van der Waals surface area contributed by atoms with Crippen molar-refractivity contribution < 1.29 is 16.0 Å². The molecule has 4 nitrogen and oxygen atoms in total. The maximum absolute atomic E-state index is 8.94. The van der Waals surface area contributed by atoms with Crippen LogP contribution in [0.25, 0.3) is 0 Å². The first-order valence-electron chi connectivity index (χ1n) is 0.783. The van der Waals surface area contributed by atoms with Crippen molar-refractivity contribution in [2.45, 2.75) is 7.43 Å². The van der Waals surface area contributed by atoms with Crippen LogP contribution in [0.2, 0.25) is 0 Å². The Morgan fingerprint density at radius 2 is 1.00 bits per heavy atom. The van der Waals surface area contributed by atoms with Crippen LogP contribution in [0.3, 0.4) is 0 Å². The zero-order chi connectivity index (χ0) is 4.50. The van der Waals surface area contributed by atoms with E-state index >= 15 is 0 Å². The molecule has 0 aliphatic rings. The van der Waals surface area contributed by atoms with Crippen LogP contribution in [-0.4, -0.2) is 85.9 Å². The number of rotatable bonds is 0. The summed E-state index contributed by atoms with van der Waals surface area (Å²) in [6.45, 7) is 0. The van der Waals surface area contributed by atoms with Gasteiger partial charge in [-0.1, -0.05) is 7.43 Å². The van der Waals surface area contributed by atoms with Crippen LogP contribution in [0.1, 0.15) is 7.43 Å². The van der Waals surface area contributed by atoms with Gasteiger partial charge in [-0.2, -0.15) is 0 Å². The minimum atomic E-state index is -5.12. The summed E-state index contributed by atoms with van der Waals surface area (Å²) in [5.74, 6) is 0. The normalized spacial score (nSPS) is 7.38. The van der Waals surface area contributed by atoms with Gasteiger partial charge >= 0.3 is 89.7 Å². The molecule has 0 atom stereocenters. The Morgan fingerprint density at radius 1 is 1.00 bits per heavy atom. The van der Waals surface area contributed by atoms with Crippen LogP contribution in [0.5, 0.6) is 0 Å². The molecule has 0 aliphatic carbocycles. The topological polar surface area (TPSA) is 77.8 Å². The summed E-state index contributed by atoms with van der Waals surface area (Å²) in [4.78, 5) is 0. The molecular weight excluding hydrogens is 197 g/mol. The average molecular weight is 206 g/mol. The molecule has 8 heavy (non-hydrogen) atoms. The molecule has 0 rings (SSSR count). The van der Waals surface area contributed by atoms with Crippen molar-refractivity contribution in [3.05, 3.63) is 0 Å². The van der Waals surface area contributed by atoms with Crippen molar-refractivity contribution in [3.8, 4) is 0 Å². The average Bonchev–Trinajstić information content (AvgIpc) is 0.722. The summed E-state index contributed by atoms with van der Waals surface area (Å²) >= 11 is -5.12. The summed E-state index contributed by atoms with van der Waals surface area (Å²) in [5.41, 5.74) is 0. The maximum atomic E-state index is 8.94. The van der Waals surface area contributed by atoms with Crippen molar-refractivity contribution in [1.29, 1.82) is 0 Å². The third-order valence-corrected chi connectivity index (χ3v) is 0. The van der Waals surface area contributed by atoms with Crippen molar-refractivity contribution in [1.82, 2.24) is 0 Å². The van der Waals surface area contributed by atoms with Gasteiger partial charge in [-0.3, -0.25) is 0 Å². The zero-order valence-corrected chi connectivity index (χ0v) is 4.07. The van der Waals surface area contributed by atoms with Crippen molar-refractivity contribution in [2.75, 3.05) is 0 Å². The van der Waals surface area contributed by atoms with Gasteiger partial charge in [0, 0.05) is 0 Å². The second-order valence-electron chi connectivity index (χ2n) is 0.513. The van der Waals surface area contributed by atoms with E-state index in [2.05, 4.69) is 0 Å². The number of hydrogen-bond acceptors (Lipinski definition) is 1. The fraction of sp³-hybridized carbons (Fsp3) is 1.00. The first kappa shape index (κ1) is 22.5. The Labute approximate surface area is 95.6 Å². The molecule has 0 aromatic rings. The first-order valence-corrected chi connectivity index (χ1v) is 4.07. The van der Waals surface area contributed by atoms with E-state index in [9.17, 15) is 0 Å². The molecule has 7 heteroatoms. The van der Waals surface area contributed by atoms with Crippen LogP contribution in [0.15, 0.2) is 0 Å². The summed E-state index contributed by atoms with van der Waals surface area (Å²) < 4.78 is 30.7. The summed E-state index contributed by atoms with van der Waals surface area (Å²) in [7, 11) is 0. The fourth-order valence-corrected chi connectivity index (χ4v) is 0. The first-order chi connectivity index (χ1) is 2.00. The van der Waals surface area contributed by atoms with Gasteiger partial charge in [-0.05, 0) is 0 Å². The second kappa shape index (κ2) is 9.24. The quantitative estimate of drug-likeness (QED) is 0.373. The van der Waals surface area contributed by atoms with Gasteiger partial charge in [0.05, 0.1) is 0 Å². The van der Waals surface area contributed by atoms with Crippen LogP contribution < -0.4 is 0 Å². The predicted molar refractivity (Wildman–Crippen MR) is 34.1 cm³/mol. The van der Waals surface area contributed by atoms with Crippen molar-refractivity contribution in [2.24, 2.45) is 0 Å². The molecule has 44 valence electrons. The van der Waals surface area contributed by atoms with Crippen LogP contribution in [0, 0.1) is 0 Å². The van der Waals surface area contributed by atoms with E-state index in [0.717, 1.165) is 0 Å². The van der Waals surface area contributed by atoms with Crippen LogP contribution in [-0.2, 0) is 3.74 Å². The van der Waals surface area contributed by atoms with Crippen LogP contribution >= 0.6 is 0 Å². The SMILES string of the molecule is C.O=[As](O)(O)O.[NaH].[NaH]. The van der Waals surface area contributed by atoms with Gasteiger partial charge in [0.15, 0.2) is 0 Å². The Kier molecular flexibility index (Phi) is 25.9. The molecule has 0 heterocycles.